The van der Waals surface area contributed by atoms with E-state index >= 15 is 0 Å². The van der Waals surface area contributed by atoms with Crippen molar-refractivity contribution in [3.63, 3.8) is 0 Å². The Balaban J connectivity index is 1.52. The Kier molecular flexibility index (Phi) is 6.13. The van der Waals surface area contributed by atoms with Crippen LogP contribution in [0.2, 0.25) is 0 Å². The van der Waals surface area contributed by atoms with E-state index in [1.165, 1.54) is 40.8 Å². The maximum Gasteiger partial charge on any atom is 0.271 e. The molecule has 1 fully saturated rings. The van der Waals surface area contributed by atoms with Gasteiger partial charge in [-0.15, -0.1) is 5.10 Å². The highest BCUT2D eigenvalue weighted by Crippen LogP contribution is 2.19. The first-order valence-electron chi connectivity index (χ1n) is 10.0. The number of carbonyl (C=O) groups is 2. The van der Waals surface area contributed by atoms with Crippen LogP contribution in [-0.4, -0.2) is 60.2 Å². The fourth-order valence-electron chi connectivity index (χ4n) is 3.54. The molecule has 32 heavy (non-hydrogen) atoms. The summed E-state index contributed by atoms with van der Waals surface area (Å²) in [6, 6.07) is 13.7. The van der Waals surface area contributed by atoms with Crippen LogP contribution < -0.4 is 10.2 Å². The predicted octanol–water partition coefficient (Wildman–Crippen LogP) is 1.34. The van der Waals surface area contributed by atoms with E-state index in [1.807, 2.05) is 35.9 Å². The lowest BCUT2D eigenvalue weighted by Gasteiger charge is -2.33. The molecule has 0 spiro atoms. The quantitative estimate of drug-likeness (QED) is 0.578. The third-order valence-corrected chi connectivity index (χ3v) is 8.39. The van der Waals surface area contributed by atoms with Gasteiger partial charge in [-0.3, -0.25) is 9.59 Å². The molecule has 1 aromatic heterocycles. The summed E-state index contributed by atoms with van der Waals surface area (Å²) in [5.74, 6) is -0.572. The summed E-state index contributed by atoms with van der Waals surface area (Å²) < 4.78 is 30.3. The Labute approximate surface area is 189 Å². The lowest BCUT2D eigenvalue weighted by molar-refractivity contribution is -0.129. The Morgan fingerprint density at radius 1 is 1.03 bits per heavy atom. The molecule has 11 heteroatoms. The minimum atomic E-state index is -3.78. The van der Waals surface area contributed by atoms with Gasteiger partial charge in [-0.2, -0.15) is 4.31 Å². The van der Waals surface area contributed by atoms with Gasteiger partial charge < -0.3 is 9.47 Å². The first-order chi connectivity index (χ1) is 15.3. The monoisotopic (exact) mass is 473 g/mol. The number of para-hydroxylation sites is 1. The molecule has 3 aromatic rings. The van der Waals surface area contributed by atoms with E-state index in [-0.39, 0.29) is 29.5 Å². The summed E-state index contributed by atoms with van der Waals surface area (Å²) in [5, 5.41) is 4.21. The normalized spacial score (nSPS) is 15.8. The summed E-state index contributed by atoms with van der Waals surface area (Å²) in [6.45, 7) is 2.60. The number of piperazine rings is 1. The van der Waals surface area contributed by atoms with Crippen LogP contribution in [0.5, 0.6) is 0 Å². The van der Waals surface area contributed by atoms with Gasteiger partial charge >= 0.3 is 0 Å². The average Bonchev–Trinajstić information content (AvgIpc) is 3.13. The number of thiazole rings is 1. The molecule has 2 heterocycles. The average molecular weight is 474 g/mol. The van der Waals surface area contributed by atoms with Crippen molar-refractivity contribution < 1.29 is 18.0 Å². The van der Waals surface area contributed by atoms with Gasteiger partial charge in [0.15, 0.2) is 0 Å². The van der Waals surface area contributed by atoms with E-state index in [9.17, 15) is 18.0 Å². The topological polar surface area (TPSA) is 104 Å². The lowest BCUT2D eigenvalue weighted by atomic mass is 10.2. The number of carbonyl (C=O) groups excluding carboxylic acids is 2. The molecule has 2 amide bonds. The zero-order valence-corrected chi connectivity index (χ0v) is 19.3. The van der Waals surface area contributed by atoms with Gasteiger partial charge in [0.25, 0.3) is 5.91 Å². The number of hydrogen-bond donors (Lipinski definition) is 1. The van der Waals surface area contributed by atoms with Gasteiger partial charge in [0.05, 0.1) is 15.1 Å². The molecule has 0 unspecified atom stereocenters. The Hall–Kier alpha value is -3.02. The van der Waals surface area contributed by atoms with Gasteiger partial charge in [-0.25, -0.2) is 13.8 Å². The molecule has 4 rings (SSSR count). The van der Waals surface area contributed by atoms with Crippen molar-refractivity contribution in [1.29, 1.82) is 0 Å². The van der Waals surface area contributed by atoms with E-state index in [1.54, 1.807) is 11.0 Å². The smallest absolute Gasteiger partial charge is 0.271 e. The summed E-state index contributed by atoms with van der Waals surface area (Å²) in [4.78, 5) is 26.4. The maximum absolute atomic E-state index is 13.0. The van der Waals surface area contributed by atoms with Crippen molar-refractivity contribution in [2.24, 2.45) is 12.1 Å². The lowest BCUT2D eigenvalue weighted by Crippen LogP contribution is -2.49. The van der Waals surface area contributed by atoms with Crippen molar-refractivity contribution in [3.05, 3.63) is 58.9 Å². The summed E-state index contributed by atoms with van der Waals surface area (Å²) in [7, 11) is -1.91. The maximum atomic E-state index is 13.0. The molecule has 2 aromatic carbocycles. The SMILES string of the molecule is CC(=O)N1CCN(S(=O)(=O)c2cccc(C(=O)N/N=c3\sc4ccccc4n3C)c2)CC1. The second kappa shape index (κ2) is 8.85. The van der Waals surface area contributed by atoms with E-state index in [2.05, 4.69) is 10.5 Å². The Bertz CT molecular complexity index is 1350. The molecule has 168 valence electrons. The number of hydrogen-bond acceptors (Lipinski definition) is 6. The summed E-state index contributed by atoms with van der Waals surface area (Å²) in [6.07, 6.45) is 0. The van der Waals surface area contributed by atoms with Crippen molar-refractivity contribution in [3.8, 4) is 0 Å². The molecular formula is C21H23N5O4S2. The van der Waals surface area contributed by atoms with Crippen LogP contribution in [0, 0.1) is 0 Å². The third-order valence-electron chi connectivity index (χ3n) is 5.39. The molecule has 1 N–H and O–H groups in total. The van der Waals surface area contributed by atoms with Gasteiger partial charge in [0.1, 0.15) is 0 Å². The van der Waals surface area contributed by atoms with Crippen molar-refractivity contribution in [2.45, 2.75) is 11.8 Å². The minimum absolute atomic E-state index is 0.0360. The zero-order chi connectivity index (χ0) is 22.9. The molecule has 0 bridgehead atoms. The molecular weight excluding hydrogens is 450 g/mol. The molecule has 1 aliphatic heterocycles. The van der Waals surface area contributed by atoms with E-state index in [0.29, 0.717) is 17.9 Å². The molecule has 0 radical (unpaired) electrons. The van der Waals surface area contributed by atoms with Gasteiger partial charge in [0, 0.05) is 45.7 Å². The number of nitrogens with one attached hydrogen (secondary N) is 1. The fourth-order valence-corrected chi connectivity index (χ4v) is 5.99. The summed E-state index contributed by atoms with van der Waals surface area (Å²) >= 11 is 1.44. The third kappa shape index (κ3) is 4.31. The number of benzene rings is 2. The fraction of sp³-hybridized carbons (Fsp3) is 0.286. The van der Waals surface area contributed by atoms with Crippen LogP contribution in [-0.2, 0) is 21.9 Å². The van der Waals surface area contributed by atoms with Crippen LogP contribution in [0.3, 0.4) is 0 Å². The van der Waals surface area contributed by atoms with E-state index < -0.39 is 15.9 Å². The molecule has 9 nitrogen and oxygen atoms in total. The van der Waals surface area contributed by atoms with Gasteiger partial charge in [-0.1, -0.05) is 29.5 Å². The van der Waals surface area contributed by atoms with Crippen molar-refractivity contribution in [1.82, 2.24) is 19.2 Å². The van der Waals surface area contributed by atoms with Crippen LogP contribution in [0.1, 0.15) is 17.3 Å². The standard InChI is InChI=1S/C21H23N5O4S2/c1-15(27)25-10-12-26(13-11-25)32(29,30)17-7-5-6-16(14-17)20(28)22-23-21-24(2)18-8-3-4-9-19(18)31-21/h3-9,14H,10-13H2,1-2H3,(H,22,28)/b23-21-. The first kappa shape index (κ1) is 22.2. The molecule has 1 aliphatic rings. The largest absolute Gasteiger partial charge is 0.340 e. The van der Waals surface area contributed by atoms with E-state index in [0.717, 1.165) is 10.2 Å². The van der Waals surface area contributed by atoms with E-state index in [4.69, 9.17) is 0 Å². The highest BCUT2D eigenvalue weighted by atomic mass is 32.2. The minimum Gasteiger partial charge on any atom is -0.340 e. The number of sulfonamides is 1. The number of fused-ring (bicyclic) bond motifs is 1. The molecule has 0 saturated carbocycles. The molecule has 0 aliphatic carbocycles. The van der Waals surface area contributed by atoms with Gasteiger partial charge in [0.2, 0.25) is 20.7 Å². The van der Waals surface area contributed by atoms with Crippen molar-refractivity contribution >= 4 is 43.4 Å². The second-order valence-electron chi connectivity index (χ2n) is 7.40. The highest BCUT2D eigenvalue weighted by Gasteiger charge is 2.29. The van der Waals surface area contributed by atoms with Crippen molar-refractivity contribution in [2.75, 3.05) is 26.2 Å². The number of aromatic nitrogens is 1. The summed E-state index contributed by atoms with van der Waals surface area (Å²) in [5.41, 5.74) is 3.72. The van der Waals surface area contributed by atoms with Crippen LogP contribution >= 0.6 is 11.3 Å². The molecule has 1 saturated heterocycles. The van der Waals surface area contributed by atoms with Gasteiger partial charge in [-0.05, 0) is 30.3 Å². The van der Waals surface area contributed by atoms with Crippen LogP contribution in [0.15, 0.2) is 58.5 Å². The molecule has 0 atom stereocenters. The van der Waals surface area contributed by atoms with Crippen LogP contribution in [0.25, 0.3) is 10.2 Å². The first-order valence-corrected chi connectivity index (χ1v) is 12.3. The number of rotatable bonds is 4. The number of amides is 2. The number of nitrogens with zero attached hydrogens (tertiary/aromatic N) is 4. The van der Waals surface area contributed by atoms with Crippen LogP contribution in [0.4, 0.5) is 0 Å². The zero-order valence-electron chi connectivity index (χ0n) is 17.7. The Morgan fingerprint density at radius 3 is 2.44 bits per heavy atom. The predicted molar refractivity (Wildman–Crippen MR) is 121 cm³/mol. The highest BCUT2D eigenvalue weighted by molar-refractivity contribution is 7.89. The number of aryl methyl sites for hydroxylation is 1. The second-order valence-corrected chi connectivity index (χ2v) is 10.3. The Morgan fingerprint density at radius 2 is 1.75 bits per heavy atom.